The molecule has 0 radical (unpaired) electrons. The maximum atomic E-state index is 11.9. The Kier molecular flexibility index (Phi) is 9.71. The summed E-state index contributed by atoms with van der Waals surface area (Å²) in [6.45, 7) is 3.51. The fraction of sp³-hybridized carbons (Fsp3) is 0.444. The fourth-order valence-corrected chi connectivity index (χ4v) is 2.96. The third-order valence-corrected chi connectivity index (χ3v) is 4.77. The van der Waals surface area contributed by atoms with Crippen molar-refractivity contribution in [2.75, 3.05) is 34.2 Å². The third kappa shape index (κ3) is 6.99. The van der Waals surface area contributed by atoms with E-state index in [9.17, 15) is 4.79 Å². The molecule has 6 nitrogen and oxygen atoms in total. The molecule has 0 saturated carbocycles. The lowest BCUT2D eigenvalue weighted by atomic mass is 10.2. The van der Waals surface area contributed by atoms with Crippen molar-refractivity contribution in [1.82, 2.24) is 15.1 Å². The van der Waals surface area contributed by atoms with E-state index in [1.807, 2.05) is 24.9 Å². The fourth-order valence-electron chi connectivity index (χ4n) is 2.25. The molecule has 1 amide bonds. The Morgan fingerprint density at radius 2 is 2.08 bits per heavy atom. The van der Waals surface area contributed by atoms with E-state index in [1.54, 1.807) is 36.6 Å². The Hall–Kier alpha value is -1.55. The molecule has 0 saturated heterocycles. The summed E-state index contributed by atoms with van der Waals surface area (Å²) in [4.78, 5) is 21.2. The highest BCUT2D eigenvalue weighted by Crippen LogP contribution is 2.11. The molecular formula is C18H27IN4O2S. The molecule has 0 aromatic carbocycles. The van der Waals surface area contributed by atoms with Crippen LogP contribution in [0.15, 0.2) is 39.3 Å². The first-order valence-corrected chi connectivity index (χ1v) is 9.10. The van der Waals surface area contributed by atoms with Gasteiger partial charge in [-0.3, -0.25) is 4.79 Å². The second-order valence-corrected chi connectivity index (χ2v) is 7.07. The van der Waals surface area contributed by atoms with E-state index in [-0.39, 0.29) is 36.4 Å². The minimum atomic E-state index is -0.0227. The summed E-state index contributed by atoms with van der Waals surface area (Å²) in [5.41, 5.74) is 1.11. The number of furan rings is 1. The first-order valence-electron chi connectivity index (χ1n) is 8.22. The molecule has 2 rings (SSSR count). The van der Waals surface area contributed by atoms with E-state index in [1.165, 1.54) is 4.88 Å². The Bertz CT molecular complexity index is 698. The molecule has 0 aliphatic heterocycles. The van der Waals surface area contributed by atoms with Gasteiger partial charge < -0.3 is 19.5 Å². The molecule has 2 aromatic heterocycles. The first-order chi connectivity index (χ1) is 12.0. The van der Waals surface area contributed by atoms with Crippen LogP contribution in [-0.2, 0) is 17.8 Å². The molecule has 2 heterocycles. The van der Waals surface area contributed by atoms with E-state index >= 15 is 0 Å². The van der Waals surface area contributed by atoms with Gasteiger partial charge in [0.2, 0.25) is 5.91 Å². The number of hydrogen-bond donors (Lipinski definition) is 1. The summed E-state index contributed by atoms with van der Waals surface area (Å²) >= 11 is 1.74. The quantitative estimate of drug-likeness (QED) is 0.369. The van der Waals surface area contributed by atoms with Gasteiger partial charge in [0, 0.05) is 44.7 Å². The number of hydrogen-bond acceptors (Lipinski definition) is 4. The van der Waals surface area contributed by atoms with Gasteiger partial charge in [-0.15, -0.1) is 35.3 Å². The smallest absolute Gasteiger partial charge is 0.243 e. The van der Waals surface area contributed by atoms with Gasteiger partial charge in [-0.2, -0.15) is 0 Å². The van der Waals surface area contributed by atoms with E-state index in [2.05, 4.69) is 27.8 Å². The first kappa shape index (κ1) is 22.5. The number of aryl methyl sites for hydroxylation is 1. The number of likely N-dealkylation sites (N-methyl/N-ethyl adjacent to an activating group) is 1. The van der Waals surface area contributed by atoms with Crippen molar-refractivity contribution >= 4 is 47.2 Å². The highest BCUT2D eigenvalue weighted by atomic mass is 127. The van der Waals surface area contributed by atoms with Gasteiger partial charge in [-0.05, 0) is 30.9 Å². The van der Waals surface area contributed by atoms with Gasteiger partial charge in [0.25, 0.3) is 0 Å². The maximum absolute atomic E-state index is 11.9. The summed E-state index contributed by atoms with van der Waals surface area (Å²) in [6, 6.07) is 6.13. The zero-order chi connectivity index (χ0) is 18.2. The summed E-state index contributed by atoms with van der Waals surface area (Å²) in [7, 11) is 5.43. The van der Waals surface area contributed by atoms with Crippen molar-refractivity contribution in [2.24, 2.45) is 4.99 Å². The molecule has 1 N–H and O–H groups in total. The normalized spacial score (nSPS) is 11.0. The summed E-state index contributed by atoms with van der Waals surface area (Å²) in [6.07, 6.45) is 2.62. The number of guanidine groups is 1. The molecule has 0 bridgehead atoms. The van der Waals surface area contributed by atoms with Gasteiger partial charge >= 0.3 is 0 Å². The van der Waals surface area contributed by atoms with Gasteiger partial charge in [0.1, 0.15) is 12.3 Å². The monoisotopic (exact) mass is 490 g/mol. The van der Waals surface area contributed by atoms with Crippen LogP contribution in [0.1, 0.15) is 16.2 Å². The summed E-state index contributed by atoms with van der Waals surface area (Å²) in [5, 5.41) is 5.44. The van der Waals surface area contributed by atoms with Gasteiger partial charge in [0.15, 0.2) is 5.96 Å². The highest BCUT2D eigenvalue weighted by molar-refractivity contribution is 14.0. The number of carbonyl (C=O) groups excluding carboxylic acids is 1. The molecule has 0 spiro atoms. The average Bonchev–Trinajstić information content (AvgIpc) is 3.22. The molecule has 0 aliphatic rings. The van der Waals surface area contributed by atoms with Gasteiger partial charge in [0.05, 0.1) is 6.26 Å². The van der Waals surface area contributed by atoms with Crippen molar-refractivity contribution in [3.63, 3.8) is 0 Å². The second-order valence-electron chi connectivity index (χ2n) is 6.04. The van der Waals surface area contributed by atoms with Crippen molar-refractivity contribution in [3.8, 4) is 0 Å². The zero-order valence-corrected chi connectivity index (χ0v) is 18.8. The van der Waals surface area contributed by atoms with Crippen molar-refractivity contribution < 1.29 is 9.21 Å². The molecule has 0 fully saturated rings. The Morgan fingerprint density at radius 1 is 1.31 bits per heavy atom. The van der Waals surface area contributed by atoms with Crippen molar-refractivity contribution in [3.05, 3.63) is 46.0 Å². The molecule has 144 valence electrons. The number of nitrogens with one attached hydrogen (secondary N) is 1. The van der Waals surface area contributed by atoms with Crippen LogP contribution in [0.4, 0.5) is 0 Å². The summed E-state index contributed by atoms with van der Waals surface area (Å²) in [5.74, 6) is 1.59. The van der Waals surface area contributed by atoms with Crippen LogP contribution in [-0.4, -0.2) is 55.9 Å². The molecule has 0 atom stereocenters. The average molecular weight is 490 g/mol. The number of nitrogens with zero attached hydrogens (tertiary/aromatic N) is 3. The number of rotatable bonds is 7. The number of thiophene rings is 1. The van der Waals surface area contributed by atoms with Crippen LogP contribution in [0.2, 0.25) is 0 Å². The lowest BCUT2D eigenvalue weighted by Crippen LogP contribution is -2.40. The minimum Gasteiger partial charge on any atom is -0.469 e. The number of halogens is 1. The maximum Gasteiger partial charge on any atom is 0.243 e. The van der Waals surface area contributed by atoms with Crippen LogP contribution in [0.5, 0.6) is 0 Å². The Balaban J connectivity index is 0.00000338. The Labute approximate surface area is 176 Å². The zero-order valence-electron chi connectivity index (χ0n) is 15.7. The molecule has 26 heavy (non-hydrogen) atoms. The minimum absolute atomic E-state index is 0. The van der Waals surface area contributed by atoms with E-state index in [0.717, 1.165) is 24.3 Å². The third-order valence-electron chi connectivity index (χ3n) is 3.83. The number of carbonyl (C=O) groups is 1. The van der Waals surface area contributed by atoms with Gasteiger partial charge in [-0.25, -0.2) is 4.99 Å². The largest absolute Gasteiger partial charge is 0.469 e. The lowest BCUT2D eigenvalue weighted by Gasteiger charge is -2.22. The number of aliphatic imine (C=N–C) groups is 1. The predicted octanol–water partition coefficient (Wildman–Crippen LogP) is 2.98. The van der Waals surface area contributed by atoms with E-state index in [0.29, 0.717) is 12.5 Å². The molecule has 2 aromatic rings. The molecule has 0 aliphatic carbocycles. The van der Waals surface area contributed by atoms with E-state index < -0.39 is 0 Å². The number of amides is 1. The predicted molar refractivity (Wildman–Crippen MR) is 117 cm³/mol. The lowest BCUT2D eigenvalue weighted by molar-refractivity contribution is -0.127. The highest BCUT2D eigenvalue weighted by Gasteiger charge is 2.12. The molecule has 8 heteroatoms. The van der Waals surface area contributed by atoms with Crippen molar-refractivity contribution in [1.29, 1.82) is 0 Å². The Morgan fingerprint density at radius 3 is 2.65 bits per heavy atom. The van der Waals surface area contributed by atoms with Crippen LogP contribution in [0.25, 0.3) is 0 Å². The van der Waals surface area contributed by atoms with Crippen LogP contribution in [0.3, 0.4) is 0 Å². The second kappa shape index (κ2) is 11.2. The standard InChI is InChI=1S/C18H26N4O2S.HI/c1-14-15(8-10-24-14)13-22(4)18(20-12-17(23)21(2)3)19-9-7-16-6-5-11-25-16;/h5-6,8,10-11H,7,9,12-13H2,1-4H3,(H,19,20);1H. The van der Waals surface area contributed by atoms with Crippen LogP contribution in [0, 0.1) is 6.92 Å². The topological polar surface area (TPSA) is 61.1 Å². The van der Waals surface area contributed by atoms with Crippen LogP contribution >= 0.6 is 35.3 Å². The van der Waals surface area contributed by atoms with Crippen LogP contribution < -0.4 is 5.32 Å². The van der Waals surface area contributed by atoms with E-state index in [4.69, 9.17) is 4.42 Å². The molecule has 0 unspecified atom stereocenters. The van der Waals surface area contributed by atoms with Crippen molar-refractivity contribution in [2.45, 2.75) is 19.9 Å². The SMILES string of the molecule is Cc1occc1CN(C)C(=NCC(=O)N(C)C)NCCc1cccs1.I. The van der Waals surface area contributed by atoms with Gasteiger partial charge in [-0.1, -0.05) is 6.07 Å². The summed E-state index contributed by atoms with van der Waals surface area (Å²) < 4.78 is 5.36. The molecular weight excluding hydrogens is 463 g/mol.